The Kier molecular flexibility index (Phi) is 4.99. The number of aromatic amines is 1. The van der Waals surface area contributed by atoms with Gasteiger partial charge in [-0.25, -0.2) is 0 Å². The van der Waals surface area contributed by atoms with Crippen molar-refractivity contribution in [3.05, 3.63) is 60.0 Å². The number of ketones is 1. The minimum Gasteiger partial charge on any atom is -0.488 e. The van der Waals surface area contributed by atoms with Gasteiger partial charge >= 0.3 is 0 Å². The summed E-state index contributed by atoms with van der Waals surface area (Å²) < 4.78 is 5.91. The number of primary amides is 1. The second kappa shape index (κ2) is 7.75. The van der Waals surface area contributed by atoms with E-state index in [1.54, 1.807) is 12.3 Å². The number of likely N-dealkylation sites (tertiary alicyclic amines) is 1. The highest BCUT2D eigenvalue weighted by molar-refractivity contribution is 6.44. The first-order valence-electron chi connectivity index (χ1n) is 9.35. The SMILES string of the molecule is NC(=O)c1cc(OC2CCCN(C(=O)C(=O)c3c[nH]c4ccccc34)C2)ccn1. The molecule has 1 saturated heterocycles. The fraction of sp³-hybridized carbons (Fsp3) is 0.238. The van der Waals surface area contributed by atoms with Gasteiger partial charge in [-0.3, -0.25) is 19.4 Å². The molecule has 0 radical (unpaired) electrons. The number of amides is 2. The van der Waals surface area contributed by atoms with Crippen molar-refractivity contribution >= 4 is 28.5 Å². The second-order valence-electron chi connectivity index (χ2n) is 6.95. The molecule has 2 aromatic heterocycles. The number of nitrogens with one attached hydrogen (secondary N) is 1. The predicted molar refractivity (Wildman–Crippen MR) is 106 cm³/mol. The van der Waals surface area contributed by atoms with Crippen LogP contribution in [0.2, 0.25) is 0 Å². The van der Waals surface area contributed by atoms with Crippen molar-refractivity contribution in [3.63, 3.8) is 0 Å². The summed E-state index contributed by atoms with van der Waals surface area (Å²) in [7, 11) is 0. The fourth-order valence-electron chi connectivity index (χ4n) is 3.55. The number of nitrogens with zero attached hydrogens (tertiary/aromatic N) is 2. The summed E-state index contributed by atoms with van der Waals surface area (Å²) in [6.45, 7) is 0.789. The third-order valence-electron chi connectivity index (χ3n) is 4.98. The molecular weight excluding hydrogens is 372 g/mol. The highest BCUT2D eigenvalue weighted by atomic mass is 16.5. The number of nitrogens with two attached hydrogens (primary N) is 1. The molecule has 3 N–H and O–H groups in total. The standard InChI is InChI=1S/C21H20N4O4/c22-20(27)18-10-13(7-8-23-18)29-14-4-3-9-25(12-14)21(28)19(26)16-11-24-17-6-2-1-5-15(16)17/h1-2,5-8,10-11,14,24H,3-4,9,12H2,(H2,22,27). The Hall–Kier alpha value is -3.68. The molecule has 0 saturated carbocycles. The van der Waals surface area contributed by atoms with Gasteiger partial charge in [-0.15, -0.1) is 0 Å². The average Bonchev–Trinajstić information content (AvgIpc) is 3.17. The first-order chi connectivity index (χ1) is 14.0. The van der Waals surface area contributed by atoms with Gasteiger partial charge < -0.3 is 20.4 Å². The summed E-state index contributed by atoms with van der Waals surface area (Å²) in [5, 5.41) is 0.728. The molecule has 8 heteroatoms. The highest BCUT2D eigenvalue weighted by Gasteiger charge is 2.30. The second-order valence-corrected chi connectivity index (χ2v) is 6.95. The van der Waals surface area contributed by atoms with Crippen LogP contribution in [0.1, 0.15) is 33.7 Å². The van der Waals surface area contributed by atoms with E-state index in [9.17, 15) is 14.4 Å². The van der Waals surface area contributed by atoms with E-state index in [0.717, 1.165) is 17.3 Å². The molecule has 1 unspecified atom stereocenters. The molecule has 1 atom stereocenters. The first kappa shape index (κ1) is 18.7. The minimum atomic E-state index is -0.639. The van der Waals surface area contributed by atoms with Crippen LogP contribution < -0.4 is 10.5 Å². The number of carbonyl (C=O) groups excluding carboxylic acids is 3. The van der Waals surface area contributed by atoms with Crippen LogP contribution in [-0.2, 0) is 4.79 Å². The number of piperidine rings is 1. The Morgan fingerprint density at radius 1 is 1.21 bits per heavy atom. The number of ether oxygens (including phenoxy) is 1. The molecule has 0 spiro atoms. The van der Waals surface area contributed by atoms with Crippen molar-refractivity contribution in [1.29, 1.82) is 0 Å². The normalized spacial score (nSPS) is 16.6. The fourth-order valence-corrected chi connectivity index (χ4v) is 3.55. The summed E-state index contributed by atoms with van der Waals surface area (Å²) in [6, 6.07) is 10.5. The third-order valence-corrected chi connectivity index (χ3v) is 4.98. The monoisotopic (exact) mass is 392 g/mol. The van der Waals surface area contributed by atoms with Crippen molar-refractivity contribution in [2.24, 2.45) is 5.73 Å². The number of rotatable bonds is 5. The van der Waals surface area contributed by atoms with Crippen molar-refractivity contribution in [2.75, 3.05) is 13.1 Å². The summed E-state index contributed by atoms with van der Waals surface area (Å²) in [5.74, 6) is -1.27. The van der Waals surface area contributed by atoms with E-state index in [-0.39, 0.29) is 11.8 Å². The highest BCUT2D eigenvalue weighted by Crippen LogP contribution is 2.22. The topological polar surface area (TPSA) is 118 Å². The number of Topliss-reactive ketones (excluding diaryl/α,β-unsaturated/α-hetero) is 1. The average molecular weight is 392 g/mol. The Morgan fingerprint density at radius 3 is 2.86 bits per heavy atom. The molecule has 4 rings (SSSR count). The number of hydrogen-bond donors (Lipinski definition) is 2. The van der Waals surface area contributed by atoms with Gasteiger partial charge in [0.2, 0.25) is 0 Å². The molecule has 1 aliphatic heterocycles. The van der Waals surface area contributed by atoms with Crippen LogP contribution in [-0.4, -0.2) is 51.7 Å². The van der Waals surface area contributed by atoms with Gasteiger partial charge in [-0.05, 0) is 25.0 Å². The number of aromatic nitrogens is 2. The van der Waals surface area contributed by atoms with Crippen LogP contribution in [0.25, 0.3) is 10.9 Å². The van der Waals surface area contributed by atoms with Crippen molar-refractivity contribution in [1.82, 2.24) is 14.9 Å². The van der Waals surface area contributed by atoms with Gasteiger partial charge in [0.1, 0.15) is 17.5 Å². The van der Waals surface area contributed by atoms with Crippen LogP contribution in [0, 0.1) is 0 Å². The maximum absolute atomic E-state index is 12.8. The van der Waals surface area contributed by atoms with E-state index < -0.39 is 17.6 Å². The van der Waals surface area contributed by atoms with Crippen LogP contribution in [0.15, 0.2) is 48.8 Å². The van der Waals surface area contributed by atoms with Crippen LogP contribution in [0.3, 0.4) is 0 Å². The molecule has 1 fully saturated rings. The maximum Gasteiger partial charge on any atom is 0.295 e. The van der Waals surface area contributed by atoms with Crippen LogP contribution in [0.4, 0.5) is 0 Å². The quantitative estimate of drug-likeness (QED) is 0.508. The van der Waals surface area contributed by atoms with E-state index in [1.807, 2.05) is 24.3 Å². The van der Waals surface area contributed by atoms with Gasteiger partial charge in [0.25, 0.3) is 17.6 Å². The Labute approximate surface area is 166 Å². The summed E-state index contributed by atoms with van der Waals surface area (Å²) >= 11 is 0. The van der Waals surface area contributed by atoms with Crippen molar-refractivity contribution in [3.8, 4) is 5.75 Å². The van der Waals surface area contributed by atoms with Crippen LogP contribution in [0.5, 0.6) is 5.75 Å². The van der Waals surface area contributed by atoms with Crippen molar-refractivity contribution < 1.29 is 19.1 Å². The molecular formula is C21H20N4O4. The molecule has 1 aliphatic rings. The summed E-state index contributed by atoms with van der Waals surface area (Å²) in [5.41, 5.74) is 6.54. The smallest absolute Gasteiger partial charge is 0.295 e. The van der Waals surface area contributed by atoms with Gasteiger partial charge in [0.05, 0.1) is 12.1 Å². The van der Waals surface area contributed by atoms with E-state index in [1.165, 1.54) is 17.2 Å². The zero-order valence-corrected chi connectivity index (χ0v) is 15.6. The number of fused-ring (bicyclic) bond motifs is 1. The molecule has 148 valence electrons. The third kappa shape index (κ3) is 3.82. The van der Waals surface area contributed by atoms with Gasteiger partial charge in [-0.1, -0.05) is 18.2 Å². The zero-order valence-electron chi connectivity index (χ0n) is 15.6. The maximum atomic E-state index is 12.8. The number of para-hydroxylation sites is 1. The Morgan fingerprint density at radius 2 is 2.03 bits per heavy atom. The van der Waals surface area contributed by atoms with E-state index in [0.29, 0.717) is 30.8 Å². The van der Waals surface area contributed by atoms with E-state index in [2.05, 4.69) is 9.97 Å². The Bertz CT molecular complexity index is 1090. The van der Waals surface area contributed by atoms with Gasteiger partial charge in [0.15, 0.2) is 0 Å². The number of benzene rings is 1. The molecule has 0 bridgehead atoms. The van der Waals surface area contributed by atoms with Gasteiger partial charge in [0, 0.05) is 35.9 Å². The zero-order chi connectivity index (χ0) is 20.4. The Balaban J connectivity index is 1.46. The molecule has 3 heterocycles. The number of H-pyrrole nitrogens is 1. The minimum absolute atomic E-state index is 0.112. The van der Waals surface area contributed by atoms with Crippen LogP contribution >= 0.6 is 0 Å². The molecule has 29 heavy (non-hydrogen) atoms. The molecule has 8 nitrogen and oxygen atoms in total. The number of pyridine rings is 1. The lowest BCUT2D eigenvalue weighted by Gasteiger charge is -2.32. The van der Waals surface area contributed by atoms with Crippen molar-refractivity contribution in [2.45, 2.75) is 18.9 Å². The van der Waals surface area contributed by atoms with Gasteiger partial charge in [-0.2, -0.15) is 0 Å². The number of carbonyl (C=O) groups is 3. The molecule has 1 aromatic carbocycles. The molecule has 3 aromatic rings. The lowest BCUT2D eigenvalue weighted by molar-refractivity contribution is -0.128. The summed E-state index contributed by atoms with van der Waals surface area (Å²) in [6.07, 6.45) is 4.18. The predicted octanol–water partition coefficient (Wildman–Crippen LogP) is 1.91. The lowest BCUT2D eigenvalue weighted by Crippen LogP contribution is -2.47. The molecule has 0 aliphatic carbocycles. The largest absolute Gasteiger partial charge is 0.488 e. The first-order valence-corrected chi connectivity index (χ1v) is 9.35. The summed E-state index contributed by atoms with van der Waals surface area (Å²) in [4.78, 5) is 45.3. The number of hydrogen-bond acceptors (Lipinski definition) is 5. The van der Waals surface area contributed by atoms with E-state index >= 15 is 0 Å². The lowest BCUT2D eigenvalue weighted by atomic mass is 10.0. The van der Waals surface area contributed by atoms with E-state index in [4.69, 9.17) is 10.5 Å². The molecule has 2 amide bonds.